The van der Waals surface area contributed by atoms with Crippen molar-refractivity contribution in [2.75, 3.05) is 6.54 Å². The van der Waals surface area contributed by atoms with Crippen molar-refractivity contribution in [2.24, 2.45) is 0 Å². The van der Waals surface area contributed by atoms with Crippen LogP contribution >= 0.6 is 0 Å². The number of hydroxylamine groups is 2. The monoisotopic (exact) mass is 265 g/mol. The van der Waals surface area contributed by atoms with Crippen molar-refractivity contribution < 1.29 is 14.0 Å². The number of fused-ring (bicyclic) bond motifs is 3. The van der Waals surface area contributed by atoms with Crippen LogP contribution in [0.25, 0.3) is 0 Å². The van der Waals surface area contributed by atoms with Crippen LogP contribution in [-0.4, -0.2) is 23.5 Å². The van der Waals surface area contributed by atoms with Crippen LogP contribution in [-0.2, 0) is 16.0 Å². The summed E-state index contributed by atoms with van der Waals surface area (Å²) in [5, 5.41) is 1.94. The van der Waals surface area contributed by atoms with Crippen LogP contribution in [0, 0.1) is 5.82 Å². The molecular weight excluding hydrogens is 245 g/mol. The molecule has 2 aliphatic heterocycles. The average Bonchev–Trinajstić information content (AvgIpc) is 2.69. The van der Waals surface area contributed by atoms with Crippen molar-refractivity contribution in [3.63, 3.8) is 0 Å². The van der Waals surface area contributed by atoms with Gasteiger partial charge >= 0.3 is 0 Å². The van der Waals surface area contributed by atoms with Crippen molar-refractivity contribution in [3.05, 3.63) is 35.1 Å². The molecule has 104 valence electrons. The van der Waals surface area contributed by atoms with E-state index in [-0.39, 0.29) is 23.8 Å². The lowest BCUT2D eigenvalue weighted by molar-refractivity contribution is -0.266. The van der Waals surface area contributed by atoms with E-state index >= 15 is 0 Å². The van der Waals surface area contributed by atoms with Gasteiger partial charge in [0, 0.05) is 13.0 Å². The van der Waals surface area contributed by atoms with Crippen LogP contribution < -0.4 is 0 Å². The third kappa shape index (κ3) is 2.66. The summed E-state index contributed by atoms with van der Waals surface area (Å²) in [5.74, 6) is -0.180. The Morgan fingerprint density at radius 1 is 1.37 bits per heavy atom. The van der Waals surface area contributed by atoms with E-state index in [4.69, 9.17) is 9.57 Å². The zero-order valence-corrected chi connectivity index (χ0v) is 11.6. The number of hydrogen-bond donors (Lipinski definition) is 0. The Kier molecular flexibility index (Phi) is 3.12. The van der Waals surface area contributed by atoms with E-state index in [0.717, 1.165) is 24.9 Å². The molecule has 0 bridgehead atoms. The zero-order chi connectivity index (χ0) is 13.6. The Hall–Kier alpha value is -0.970. The summed E-state index contributed by atoms with van der Waals surface area (Å²) in [7, 11) is 0. The number of hydrogen-bond acceptors (Lipinski definition) is 3. The largest absolute Gasteiger partial charge is 0.345 e. The third-order valence-electron chi connectivity index (χ3n) is 3.57. The number of nitrogens with zero attached hydrogens (tertiary/aromatic N) is 1. The van der Waals surface area contributed by atoms with Crippen LogP contribution in [0.3, 0.4) is 0 Å². The molecule has 1 aromatic rings. The fourth-order valence-corrected chi connectivity index (χ4v) is 2.86. The maximum atomic E-state index is 13.4. The van der Waals surface area contributed by atoms with Crippen LogP contribution in [0.5, 0.6) is 0 Å². The molecule has 0 spiro atoms. The van der Waals surface area contributed by atoms with Gasteiger partial charge in [0.25, 0.3) is 0 Å². The van der Waals surface area contributed by atoms with E-state index in [2.05, 4.69) is 0 Å². The molecule has 0 saturated carbocycles. The summed E-state index contributed by atoms with van der Waals surface area (Å²) in [5.41, 5.74) is 2.04. The van der Waals surface area contributed by atoms with Gasteiger partial charge in [-0.15, -0.1) is 0 Å². The van der Waals surface area contributed by atoms with Crippen LogP contribution in [0.4, 0.5) is 4.39 Å². The highest BCUT2D eigenvalue weighted by Gasteiger charge is 2.40. The van der Waals surface area contributed by atoms with Gasteiger partial charge in [0.05, 0.1) is 11.6 Å². The molecule has 3 rings (SSSR count). The van der Waals surface area contributed by atoms with E-state index in [0.29, 0.717) is 0 Å². The van der Waals surface area contributed by atoms with Crippen molar-refractivity contribution >= 4 is 0 Å². The molecule has 0 aliphatic carbocycles. The summed E-state index contributed by atoms with van der Waals surface area (Å²) in [6.07, 6.45) is 1.42. The minimum absolute atomic E-state index is 0.117. The van der Waals surface area contributed by atoms with E-state index < -0.39 is 0 Å². The first-order chi connectivity index (χ1) is 8.92. The molecule has 0 unspecified atom stereocenters. The second-order valence-corrected chi connectivity index (χ2v) is 6.25. The van der Waals surface area contributed by atoms with Crippen molar-refractivity contribution in [1.82, 2.24) is 5.06 Å². The summed E-state index contributed by atoms with van der Waals surface area (Å²) in [6, 6.07) is 5.18. The smallest absolute Gasteiger partial charge is 0.180 e. The van der Waals surface area contributed by atoms with E-state index in [1.165, 1.54) is 11.6 Å². The molecule has 19 heavy (non-hydrogen) atoms. The summed E-state index contributed by atoms with van der Waals surface area (Å²) in [6.45, 7) is 6.89. The summed E-state index contributed by atoms with van der Waals surface area (Å²) in [4.78, 5) is 5.83. The second kappa shape index (κ2) is 4.54. The molecule has 0 radical (unpaired) electrons. The molecule has 0 amide bonds. The van der Waals surface area contributed by atoms with Crippen molar-refractivity contribution in [2.45, 2.75) is 51.5 Å². The van der Waals surface area contributed by atoms with Gasteiger partial charge in [0.1, 0.15) is 5.82 Å². The molecule has 1 fully saturated rings. The first-order valence-corrected chi connectivity index (χ1v) is 6.82. The standard InChI is InChI=1S/C15H20FNO2/c1-15(2,3)18-14-9-13-12-8-11(16)5-4-10(12)6-7-17(13)19-14/h4-5,8,13-14H,6-7,9H2,1-3H3/t13-,14-/m0/s1. The Balaban J connectivity index is 1.82. The highest BCUT2D eigenvalue weighted by atomic mass is 19.1. The molecule has 1 saturated heterocycles. The van der Waals surface area contributed by atoms with E-state index in [9.17, 15) is 4.39 Å². The fraction of sp³-hybridized carbons (Fsp3) is 0.600. The molecular formula is C15H20FNO2. The lowest BCUT2D eigenvalue weighted by Crippen LogP contribution is -2.31. The van der Waals surface area contributed by atoms with Crippen LogP contribution in [0.15, 0.2) is 18.2 Å². The summed E-state index contributed by atoms with van der Waals surface area (Å²) < 4.78 is 19.3. The zero-order valence-electron chi connectivity index (χ0n) is 11.6. The van der Waals surface area contributed by atoms with Gasteiger partial charge in [0.15, 0.2) is 6.29 Å². The first kappa shape index (κ1) is 13.0. The van der Waals surface area contributed by atoms with E-state index in [1.807, 2.05) is 31.9 Å². The second-order valence-electron chi connectivity index (χ2n) is 6.25. The van der Waals surface area contributed by atoms with Crippen LogP contribution in [0.2, 0.25) is 0 Å². The summed E-state index contributed by atoms with van der Waals surface area (Å²) >= 11 is 0. The maximum Gasteiger partial charge on any atom is 0.180 e. The predicted molar refractivity (Wildman–Crippen MR) is 69.9 cm³/mol. The number of benzene rings is 1. The Morgan fingerprint density at radius 3 is 2.89 bits per heavy atom. The predicted octanol–water partition coefficient (Wildman–Crippen LogP) is 3.20. The van der Waals surface area contributed by atoms with Gasteiger partial charge < -0.3 is 4.74 Å². The molecule has 1 aromatic carbocycles. The Morgan fingerprint density at radius 2 is 2.16 bits per heavy atom. The van der Waals surface area contributed by atoms with Gasteiger partial charge in [0.2, 0.25) is 0 Å². The Bertz CT molecular complexity index is 484. The maximum absolute atomic E-state index is 13.4. The molecule has 2 heterocycles. The SMILES string of the molecule is CC(C)(C)O[C@@H]1C[C@H]2c3cc(F)ccc3CCN2O1. The minimum Gasteiger partial charge on any atom is -0.345 e. The lowest BCUT2D eigenvalue weighted by Gasteiger charge is -2.29. The normalized spacial score (nSPS) is 27.2. The number of rotatable bonds is 1. The molecule has 2 atom stereocenters. The number of halogens is 1. The molecule has 4 heteroatoms. The molecule has 0 N–H and O–H groups in total. The third-order valence-corrected chi connectivity index (χ3v) is 3.57. The van der Waals surface area contributed by atoms with Gasteiger partial charge in [-0.2, -0.15) is 5.06 Å². The van der Waals surface area contributed by atoms with Crippen molar-refractivity contribution in [3.8, 4) is 0 Å². The highest BCUT2D eigenvalue weighted by molar-refractivity contribution is 5.33. The van der Waals surface area contributed by atoms with Gasteiger partial charge in [-0.05, 0) is 50.5 Å². The highest BCUT2D eigenvalue weighted by Crippen LogP contribution is 2.40. The quantitative estimate of drug-likeness (QED) is 0.778. The topological polar surface area (TPSA) is 21.7 Å². The fourth-order valence-electron chi connectivity index (χ4n) is 2.86. The molecule has 2 aliphatic rings. The van der Waals surface area contributed by atoms with Crippen LogP contribution in [0.1, 0.15) is 44.4 Å². The number of ether oxygens (including phenoxy) is 1. The average molecular weight is 265 g/mol. The van der Waals surface area contributed by atoms with Crippen molar-refractivity contribution in [1.29, 1.82) is 0 Å². The van der Waals surface area contributed by atoms with Gasteiger partial charge in [-0.3, -0.25) is 4.84 Å². The first-order valence-electron chi connectivity index (χ1n) is 6.82. The lowest BCUT2D eigenvalue weighted by atomic mass is 9.92. The van der Waals surface area contributed by atoms with Gasteiger partial charge in [-0.1, -0.05) is 6.07 Å². The van der Waals surface area contributed by atoms with Gasteiger partial charge in [-0.25, -0.2) is 4.39 Å². The van der Waals surface area contributed by atoms with E-state index in [1.54, 1.807) is 6.07 Å². The molecule has 0 aromatic heterocycles. The molecule has 3 nitrogen and oxygen atoms in total. The Labute approximate surface area is 113 Å². The minimum atomic E-state index is -0.237.